The van der Waals surface area contributed by atoms with Crippen molar-refractivity contribution in [2.75, 3.05) is 0 Å². The molecule has 6 heteroatoms. The van der Waals surface area contributed by atoms with Gasteiger partial charge in [-0.25, -0.2) is 4.21 Å². The minimum Gasteiger partial charge on any atom is -0.301 e. The molecule has 0 aliphatic carbocycles. The first kappa shape index (κ1) is 7.90. The van der Waals surface area contributed by atoms with Crippen LogP contribution >= 0.6 is 15.9 Å². The van der Waals surface area contributed by atoms with E-state index in [0.29, 0.717) is 4.60 Å². The molecule has 1 N–H and O–H groups in total. The molecule has 0 aromatic carbocycles. The first-order valence-corrected chi connectivity index (χ1v) is 4.31. The highest BCUT2D eigenvalue weighted by Gasteiger charge is 2.06. The lowest BCUT2D eigenvalue weighted by atomic mass is 10.7. The summed E-state index contributed by atoms with van der Waals surface area (Å²) in [6, 6.07) is 1.50. The molecule has 0 radical (unpaired) electrons. The third kappa shape index (κ3) is 1.44. The largest absolute Gasteiger partial charge is 0.301 e. The molecule has 0 saturated carbocycles. The van der Waals surface area contributed by atoms with E-state index in [4.69, 9.17) is 4.55 Å². The summed E-state index contributed by atoms with van der Waals surface area (Å²) in [5.41, 5.74) is 0. The number of aromatic nitrogens is 2. The van der Waals surface area contributed by atoms with Crippen LogP contribution in [0.25, 0.3) is 0 Å². The molecule has 0 aliphatic rings. The van der Waals surface area contributed by atoms with Gasteiger partial charge >= 0.3 is 0 Å². The first-order chi connectivity index (χ1) is 4.61. The summed E-state index contributed by atoms with van der Waals surface area (Å²) < 4.78 is 21.0. The highest BCUT2D eigenvalue weighted by Crippen LogP contribution is 2.11. The van der Waals surface area contributed by atoms with Crippen LogP contribution in [0.15, 0.2) is 15.7 Å². The van der Waals surface area contributed by atoms with E-state index in [1.165, 1.54) is 10.7 Å². The van der Waals surface area contributed by atoms with Crippen molar-refractivity contribution in [2.24, 2.45) is 7.05 Å². The smallest absolute Gasteiger partial charge is 0.205 e. The predicted octanol–water partition coefficient (Wildman–Crippen LogP) is 0.763. The van der Waals surface area contributed by atoms with Crippen molar-refractivity contribution in [3.8, 4) is 0 Å². The molecule has 0 amide bonds. The minimum absolute atomic E-state index is 0.284. The van der Waals surface area contributed by atoms with Gasteiger partial charge in [0.2, 0.25) is 11.1 Å². The van der Waals surface area contributed by atoms with Crippen molar-refractivity contribution in [2.45, 2.75) is 5.03 Å². The second-order valence-electron chi connectivity index (χ2n) is 1.68. The van der Waals surface area contributed by atoms with Gasteiger partial charge in [0.15, 0.2) is 5.03 Å². The zero-order valence-electron chi connectivity index (χ0n) is 5.11. The van der Waals surface area contributed by atoms with Gasteiger partial charge in [0.05, 0.1) is 0 Å². The fraction of sp³-hybridized carbons (Fsp3) is 0.250. The monoisotopic (exact) mass is 224 g/mol. The molecule has 4 nitrogen and oxygen atoms in total. The molecule has 0 bridgehead atoms. The molecule has 1 unspecified atom stereocenters. The number of aryl methyl sites for hydroxylation is 1. The molecule has 0 saturated heterocycles. The maximum Gasteiger partial charge on any atom is 0.205 e. The zero-order chi connectivity index (χ0) is 7.72. The van der Waals surface area contributed by atoms with Gasteiger partial charge in [-0.3, -0.25) is 4.68 Å². The highest BCUT2D eigenvalue weighted by molar-refractivity contribution is 9.10. The van der Waals surface area contributed by atoms with Gasteiger partial charge in [-0.2, -0.15) is 5.10 Å². The zero-order valence-corrected chi connectivity index (χ0v) is 7.52. The van der Waals surface area contributed by atoms with Gasteiger partial charge in [0, 0.05) is 13.1 Å². The molecule has 1 rings (SSSR count). The number of halogens is 1. The normalized spacial score (nSPS) is 13.5. The Labute approximate surface area is 68.6 Å². The fourth-order valence-corrected chi connectivity index (χ4v) is 1.67. The van der Waals surface area contributed by atoms with Crippen molar-refractivity contribution in [1.82, 2.24) is 9.78 Å². The fourth-order valence-electron chi connectivity index (χ4n) is 0.580. The van der Waals surface area contributed by atoms with Crippen molar-refractivity contribution in [3.05, 3.63) is 10.7 Å². The molecule has 0 spiro atoms. The second kappa shape index (κ2) is 2.81. The number of nitrogens with zero attached hydrogens (tertiary/aromatic N) is 2. The lowest BCUT2D eigenvalue weighted by Crippen LogP contribution is -1.99. The van der Waals surface area contributed by atoms with E-state index in [9.17, 15) is 4.21 Å². The van der Waals surface area contributed by atoms with Gasteiger partial charge in [0.25, 0.3) is 0 Å². The molecule has 10 heavy (non-hydrogen) atoms. The molecule has 1 heterocycles. The maximum atomic E-state index is 10.5. The van der Waals surface area contributed by atoms with E-state index in [2.05, 4.69) is 21.0 Å². The van der Waals surface area contributed by atoms with Crippen LogP contribution < -0.4 is 0 Å². The third-order valence-electron chi connectivity index (χ3n) is 0.986. The Kier molecular flexibility index (Phi) is 2.22. The van der Waals surface area contributed by atoms with Crippen LogP contribution in [0.5, 0.6) is 0 Å². The summed E-state index contributed by atoms with van der Waals surface area (Å²) in [4.78, 5) is 0. The Hall–Kier alpha value is -0.200. The van der Waals surface area contributed by atoms with Crippen molar-refractivity contribution < 1.29 is 8.76 Å². The summed E-state index contributed by atoms with van der Waals surface area (Å²) in [7, 11) is 1.61. The van der Waals surface area contributed by atoms with Gasteiger partial charge in [-0.05, 0) is 15.9 Å². The molecule has 0 fully saturated rings. The van der Waals surface area contributed by atoms with Crippen LogP contribution in [0, 0.1) is 0 Å². The van der Waals surface area contributed by atoms with Crippen LogP contribution in [0.4, 0.5) is 0 Å². The van der Waals surface area contributed by atoms with E-state index in [1.807, 2.05) is 0 Å². The number of rotatable bonds is 1. The summed E-state index contributed by atoms with van der Waals surface area (Å²) in [6.45, 7) is 0. The van der Waals surface area contributed by atoms with E-state index >= 15 is 0 Å². The average molecular weight is 225 g/mol. The van der Waals surface area contributed by atoms with Crippen molar-refractivity contribution in [3.63, 3.8) is 0 Å². The Balaban J connectivity index is 3.15. The second-order valence-corrected chi connectivity index (χ2v) is 3.41. The standard InChI is InChI=1S/C4H5BrN2O2S/c1-7-4(10(8)9)2-3(5)6-7/h2H,1H3,(H,8,9). The van der Waals surface area contributed by atoms with Crippen LogP contribution in [-0.2, 0) is 18.1 Å². The summed E-state index contributed by atoms with van der Waals surface area (Å²) in [5.74, 6) is 0. The first-order valence-electron chi connectivity index (χ1n) is 2.41. The third-order valence-corrected chi connectivity index (χ3v) is 2.11. The summed E-state index contributed by atoms with van der Waals surface area (Å²) >= 11 is 1.12. The highest BCUT2D eigenvalue weighted by atomic mass is 79.9. The molecule has 1 aromatic heterocycles. The quantitative estimate of drug-likeness (QED) is 0.718. The Morgan fingerprint density at radius 2 is 2.50 bits per heavy atom. The maximum absolute atomic E-state index is 10.5. The number of hydrogen-bond donors (Lipinski definition) is 1. The lowest BCUT2D eigenvalue weighted by molar-refractivity contribution is 0.547. The molecular weight excluding hydrogens is 220 g/mol. The lowest BCUT2D eigenvalue weighted by Gasteiger charge is -1.91. The average Bonchev–Trinajstić information content (AvgIpc) is 2.10. The van der Waals surface area contributed by atoms with Crippen LogP contribution in [0.2, 0.25) is 0 Å². The van der Waals surface area contributed by atoms with Gasteiger partial charge in [-0.15, -0.1) is 0 Å². The van der Waals surface area contributed by atoms with Crippen LogP contribution in [0.1, 0.15) is 0 Å². The van der Waals surface area contributed by atoms with E-state index in [-0.39, 0.29) is 5.03 Å². The van der Waals surface area contributed by atoms with Crippen molar-refractivity contribution >= 4 is 27.0 Å². The van der Waals surface area contributed by atoms with Gasteiger partial charge in [0.1, 0.15) is 4.60 Å². The van der Waals surface area contributed by atoms with E-state index in [0.717, 1.165) is 0 Å². The Morgan fingerprint density at radius 3 is 2.70 bits per heavy atom. The molecule has 1 aromatic rings. The Bertz CT molecular complexity index is 272. The van der Waals surface area contributed by atoms with Crippen molar-refractivity contribution in [1.29, 1.82) is 0 Å². The van der Waals surface area contributed by atoms with Crippen LogP contribution in [-0.4, -0.2) is 18.5 Å². The Morgan fingerprint density at radius 1 is 1.90 bits per heavy atom. The minimum atomic E-state index is -1.95. The van der Waals surface area contributed by atoms with E-state index in [1.54, 1.807) is 7.05 Å². The SMILES string of the molecule is Cn1nc(Br)cc1S(=O)O. The van der Waals surface area contributed by atoms with Gasteiger partial charge < -0.3 is 4.55 Å². The molecule has 1 atom stereocenters. The molecule has 56 valence electrons. The molecule has 0 aliphatic heterocycles. The molecular formula is C4H5BrN2O2S. The number of hydrogen-bond acceptors (Lipinski definition) is 2. The predicted molar refractivity (Wildman–Crippen MR) is 39.9 cm³/mol. The summed E-state index contributed by atoms with van der Waals surface area (Å²) in [5, 5.41) is 4.10. The van der Waals surface area contributed by atoms with E-state index < -0.39 is 11.1 Å². The topological polar surface area (TPSA) is 55.1 Å². The van der Waals surface area contributed by atoms with Crippen LogP contribution in [0.3, 0.4) is 0 Å². The van der Waals surface area contributed by atoms with Gasteiger partial charge in [-0.1, -0.05) is 0 Å². The summed E-state index contributed by atoms with van der Waals surface area (Å²) in [6.07, 6.45) is 0.